The van der Waals surface area contributed by atoms with Gasteiger partial charge in [0.1, 0.15) is 18.1 Å². The van der Waals surface area contributed by atoms with Crippen molar-refractivity contribution in [3.8, 4) is 5.75 Å². The largest absolute Gasteiger partial charge is 0.491 e. The Bertz CT molecular complexity index is 1080. The summed E-state index contributed by atoms with van der Waals surface area (Å²) in [5.41, 5.74) is 1.29. The van der Waals surface area contributed by atoms with Crippen LogP contribution in [0.1, 0.15) is 40.5 Å². The summed E-state index contributed by atoms with van der Waals surface area (Å²) in [5, 5.41) is 0. The highest BCUT2D eigenvalue weighted by molar-refractivity contribution is 5.94. The van der Waals surface area contributed by atoms with Gasteiger partial charge in [-0.15, -0.1) is 0 Å². The monoisotopic (exact) mass is 447 g/mol. The van der Waals surface area contributed by atoms with Crippen LogP contribution in [0.2, 0.25) is 0 Å². The van der Waals surface area contributed by atoms with E-state index in [-0.39, 0.29) is 17.3 Å². The highest BCUT2D eigenvalue weighted by atomic mass is 19.4. The molecule has 0 radical (unpaired) electrons. The second kappa shape index (κ2) is 9.20. The second-order valence-corrected chi connectivity index (χ2v) is 7.81. The van der Waals surface area contributed by atoms with Gasteiger partial charge in [0, 0.05) is 37.4 Å². The Morgan fingerprint density at radius 3 is 2.69 bits per heavy atom. The Hall–Kier alpha value is -3.07. The molecule has 3 aromatic rings. The number of fused-ring (bicyclic) bond motifs is 1. The summed E-state index contributed by atoms with van der Waals surface area (Å²) < 4.78 is 49.3. The van der Waals surface area contributed by atoms with Gasteiger partial charge in [0.05, 0.1) is 17.6 Å². The predicted octanol–water partition coefficient (Wildman–Crippen LogP) is 4.63. The smallest absolute Gasteiger partial charge is 0.433 e. The van der Waals surface area contributed by atoms with Gasteiger partial charge in [-0.1, -0.05) is 0 Å². The van der Waals surface area contributed by atoms with Gasteiger partial charge in [-0.3, -0.25) is 4.79 Å². The molecule has 1 saturated heterocycles. The van der Waals surface area contributed by atoms with Crippen LogP contribution in [0.15, 0.2) is 42.5 Å². The van der Waals surface area contributed by atoms with Crippen LogP contribution < -0.4 is 4.74 Å². The number of alkyl halides is 3. The van der Waals surface area contributed by atoms with Crippen LogP contribution in [0.4, 0.5) is 13.2 Å². The number of H-pyrrole nitrogens is 1. The standard InChI is InChI=1S/C23H24F3N3O3/c1-31-11-12-32-17-6-4-15(5-7-17)22(30)29-10-2-3-16(14-29)19-13-20-18(27-19)8-9-21(28-20)23(24,25)26/h4-9,13,16,27H,2-3,10-12,14H2,1H3/t16-/m0/s1. The molecule has 0 spiro atoms. The molecule has 6 nitrogen and oxygen atoms in total. The van der Waals surface area contributed by atoms with E-state index < -0.39 is 11.9 Å². The summed E-state index contributed by atoms with van der Waals surface area (Å²) in [6.45, 7) is 2.04. The fourth-order valence-electron chi connectivity index (χ4n) is 3.94. The summed E-state index contributed by atoms with van der Waals surface area (Å²) in [5.74, 6) is 0.596. The highest BCUT2D eigenvalue weighted by Crippen LogP contribution is 2.32. The summed E-state index contributed by atoms with van der Waals surface area (Å²) in [6, 6.07) is 11.0. The Balaban J connectivity index is 1.45. The minimum absolute atomic E-state index is 0.00730. The summed E-state index contributed by atoms with van der Waals surface area (Å²) in [7, 11) is 1.60. The van der Waals surface area contributed by atoms with E-state index in [1.807, 2.05) is 0 Å². The molecule has 0 unspecified atom stereocenters. The van der Waals surface area contributed by atoms with Crippen molar-refractivity contribution in [2.75, 3.05) is 33.4 Å². The van der Waals surface area contributed by atoms with Crippen molar-refractivity contribution >= 4 is 16.9 Å². The van der Waals surface area contributed by atoms with Crippen molar-refractivity contribution in [2.45, 2.75) is 24.9 Å². The normalized spacial score (nSPS) is 17.0. The molecule has 0 saturated carbocycles. The first-order valence-corrected chi connectivity index (χ1v) is 10.4. The SMILES string of the molecule is COCCOc1ccc(C(=O)N2CCC[C@H](c3cc4nc(C(F)(F)F)ccc4[nH]3)C2)cc1. The lowest BCUT2D eigenvalue weighted by Gasteiger charge is -2.32. The number of amides is 1. The van der Waals surface area contributed by atoms with E-state index in [9.17, 15) is 18.0 Å². The average Bonchev–Trinajstić information content (AvgIpc) is 3.22. The molecule has 2 aromatic heterocycles. The summed E-state index contributed by atoms with van der Waals surface area (Å²) in [6.07, 6.45) is -2.83. The van der Waals surface area contributed by atoms with Crippen molar-refractivity contribution < 1.29 is 27.4 Å². The maximum absolute atomic E-state index is 13.0. The highest BCUT2D eigenvalue weighted by Gasteiger charge is 2.33. The Kier molecular flexibility index (Phi) is 6.36. The van der Waals surface area contributed by atoms with E-state index in [1.165, 1.54) is 6.07 Å². The number of rotatable bonds is 6. The molecule has 1 amide bonds. The van der Waals surface area contributed by atoms with Crippen LogP contribution in [0, 0.1) is 0 Å². The van der Waals surface area contributed by atoms with E-state index in [1.54, 1.807) is 42.3 Å². The number of nitrogens with zero attached hydrogens (tertiary/aromatic N) is 2. The van der Waals surface area contributed by atoms with Crippen molar-refractivity contribution in [3.63, 3.8) is 0 Å². The topological polar surface area (TPSA) is 67.5 Å². The number of hydrogen-bond acceptors (Lipinski definition) is 4. The van der Waals surface area contributed by atoms with Crippen LogP contribution in [-0.4, -0.2) is 54.2 Å². The van der Waals surface area contributed by atoms with Gasteiger partial charge in [-0.25, -0.2) is 4.98 Å². The maximum atomic E-state index is 13.0. The van der Waals surface area contributed by atoms with E-state index in [2.05, 4.69) is 9.97 Å². The van der Waals surface area contributed by atoms with Crippen LogP contribution >= 0.6 is 0 Å². The maximum Gasteiger partial charge on any atom is 0.433 e. The van der Waals surface area contributed by atoms with E-state index >= 15 is 0 Å². The third-order valence-corrected chi connectivity index (χ3v) is 5.59. The lowest BCUT2D eigenvalue weighted by atomic mass is 9.94. The molecule has 1 aliphatic heterocycles. The molecule has 1 aromatic carbocycles. The summed E-state index contributed by atoms with van der Waals surface area (Å²) >= 11 is 0. The molecule has 0 aliphatic carbocycles. The molecule has 32 heavy (non-hydrogen) atoms. The quantitative estimate of drug-likeness (QED) is 0.560. The first kappa shape index (κ1) is 22.1. The zero-order valence-electron chi connectivity index (χ0n) is 17.6. The second-order valence-electron chi connectivity index (χ2n) is 7.81. The lowest BCUT2D eigenvalue weighted by molar-refractivity contribution is -0.140. The molecule has 4 rings (SSSR count). The van der Waals surface area contributed by atoms with Crippen LogP contribution in [0.25, 0.3) is 11.0 Å². The number of likely N-dealkylation sites (tertiary alicyclic amines) is 1. The predicted molar refractivity (Wildman–Crippen MR) is 113 cm³/mol. The number of benzene rings is 1. The third-order valence-electron chi connectivity index (χ3n) is 5.59. The number of nitrogens with one attached hydrogen (secondary N) is 1. The molecule has 0 bridgehead atoms. The number of aromatic nitrogens is 2. The minimum atomic E-state index is -4.48. The zero-order valence-corrected chi connectivity index (χ0v) is 17.6. The van der Waals surface area contributed by atoms with Crippen LogP contribution in [0.5, 0.6) is 5.75 Å². The van der Waals surface area contributed by atoms with Gasteiger partial charge in [0.25, 0.3) is 5.91 Å². The minimum Gasteiger partial charge on any atom is -0.491 e. The number of ether oxygens (including phenoxy) is 2. The molecular weight excluding hydrogens is 423 g/mol. The summed E-state index contributed by atoms with van der Waals surface area (Å²) in [4.78, 5) is 21.7. The number of piperidine rings is 1. The first-order valence-electron chi connectivity index (χ1n) is 10.4. The zero-order chi connectivity index (χ0) is 22.7. The number of halogens is 3. The first-order chi connectivity index (χ1) is 15.3. The van der Waals surface area contributed by atoms with Crippen molar-refractivity contribution in [1.29, 1.82) is 0 Å². The van der Waals surface area contributed by atoms with Gasteiger partial charge in [-0.05, 0) is 55.3 Å². The number of aromatic amines is 1. The molecule has 1 N–H and O–H groups in total. The molecule has 3 heterocycles. The molecule has 1 atom stereocenters. The van der Waals surface area contributed by atoms with Gasteiger partial charge in [-0.2, -0.15) is 13.2 Å². The van der Waals surface area contributed by atoms with Crippen LogP contribution in [-0.2, 0) is 10.9 Å². The van der Waals surface area contributed by atoms with Crippen molar-refractivity contribution in [3.05, 3.63) is 59.4 Å². The van der Waals surface area contributed by atoms with E-state index in [0.717, 1.165) is 24.6 Å². The molecule has 9 heteroatoms. The lowest BCUT2D eigenvalue weighted by Crippen LogP contribution is -2.39. The fraction of sp³-hybridized carbons (Fsp3) is 0.391. The number of methoxy groups -OCH3 is 1. The van der Waals surface area contributed by atoms with Crippen molar-refractivity contribution in [2.24, 2.45) is 0 Å². The number of hydrogen-bond donors (Lipinski definition) is 1. The molecule has 170 valence electrons. The third kappa shape index (κ3) is 4.88. The van der Waals surface area contributed by atoms with E-state index in [4.69, 9.17) is 9.47 Å². The van der Waals surface area contributed by atoms with Crippen LogP contribution in [0.3, 0.4) is 0 Å². The number of carbonyl (C=O) groups excluding carboxylic acids is 1. The molecule has 1 fully saturated rings. The van der Waals surface area contributed by atoms with Gasteiger partial charge >= 0.3 is 6.18 Å². The molecule has 1 aliphatic rings. The van der Waals surface area contributed by atoms with E-state index in [0.29, 0.717) is 43.1 Å². The fourth-order valence-corrected chi connectivity index (χ4v) is 3.94. The van der Waals surface area contributed by atoms with Crippen molar-refractivity contribution in [1.82, 2.24) is 14.9 Å². The molecular formula is C23H24F3N3O3. The van der Waals surface area contributed by atoms with Gasteiger partial charge in [0.15, 0.2) is 0 Å². The van der Waals surface area contributed by atoms with Gasteiger partial charge in [0.2, 0.25) is 0 Å². The Morgan fingerprint density at radius 1 is 1.19 bits per heavy atom. The number of carbonyl (C=O) groups is 1. The Morgan fingerprint density at radius 2 is 1.97 bits per heavy atom. The number of pyridine rings is 1. The average molecular weight is 447 g/mol. The van der Waals surface area contributed by atoms with Gasteiger partial charge < -0.3 is 19.4 Å². The Labute approximate surface area is 183 Å².